The molecule has 1 aromatic carbocycles. The highest BCUT2D eigenvalue weighted by Crippen LogP contribution is 2.40. The summed E-state index contributed by atoms with van der Waals surface area (Å²) in [5.41, 5.74) is 0.805. The molecule has 1 aromatic rings. The third-order valence-corrected chi connectivity index (χ3v) is 1.88. The van der Waals surface area contributed by atoms with Crippen molar-refractivity contribution in [2.75, 3.05) is 13.2 Å². The molecule has 0 atom stereocenters. The van der Waals surface area contributed by atoms with Gasteiger partial charge in [0.05, 0.1) is 0 Å². The first-order valence-electron chi connectivity index (χ1n) is 3.87. The molecule has 0 saturated carbocycles. The summed E-state index contributed by atoms with van der Waals surface area (Å²) in [6.45, 7) is 2.88. The SMILES string of the molecule is Cc1ccc2c(c1O)OCCO2. The van der Waals surface area contributed by atoms with Gasteiger partial charge in [0.2, 0.25) is 5.75 Å². The Labute approximate surface area is 70.5 Å². The summed E-state index contributed by atoms with van der Waals surface area (Å²) >= 11 is 0. The number of hydrogen-bond acceptors (Lipinski definition) is 3. The summed E-state index contributed by atoms with van der Waals surface area (Å²) < 4.78 is 10.5. The Morgan fingerprint density at radius 1 is 1.25 bits per heavy atom. The normalized spacial score (nSPS) is 14.4. The Hall–Kier alpha value is -1.38. The van der Waals surface area contributed by atoms with E-state index in [9.17, 15) is 5.11 Å². The molecule has 0 amide bonds. The van der Waals surface area contributed by atoms with Gasteiger partial charge in [0.15, 0.2) is 11.5 Å². The predicted octanol–water partition coefficient (Wildman–Crippen LogP) is 1.47. The summed E-state index contributed by atoms with van der Waals surface area (Å²) in [6, 6.07) is 3.62. The van der Waals surface area contributed by atoms with E-state index < -0.39 is 0 Å². The average Bonchev–Trinajstić information content (AvgIpc) is 2.12. The first-order chi connectivity index (χ1) is 5.79. The second-order valence-corrected chi connectivity index (χ2v) is 2.76. The van der Waals surface area contributed by atoms with Crippen LogP contribution in [0.4, 0.5) is 0 Å². The first-order valence-corrected chi connectivity index (χ1v) is 3.87. The van der Waals surface area contributed by atoms with Crippen LogP contribution in [0.15, 0.2) is 12.1 Å². The zero-order valence-corrected chi connectivity index (χ0v) is 6.83. The summed E-state index contributed by atoms with van der Waals surface area (Å²) in [5, 5.41) is 9.54. The number of phenolic OH excluding ortho intramolecular Hbond substituents is 1. The van der Waals surface area contributed by atoms with E-state index >= 15 is 0 Å². The zero-order valence-electron chi connectivity index (χ0n) is 6.83. The minimum absolute atomic E-state index is 0.187. The van der Waals surface area contributed by atoms with Gasteiger partial charge in [0, 0.05) is 0 Å². The van der Waals surface area contributed by atoms with Crippen LogP contribution in [0.25, 0.3) is 0 Å². The van der Waals surface area contributed by atoms with Crippen LogP contribution in [0.2, 0.25) is 0 Å². The van der Waals surface area contributed by atoms with Gasteiger partial charge >= 0.3 is 0 Å². The van der Waals surface area contributed by atoms with E-state index in [2.05, 4.69) is 0 Å². The summed E-state index contributed by atoms with van der Waals surface area (Å²) in [4.78, 5) is 0. The molecule has 1 heterocycles. The minimum atomic E-state index is 0.187. The van der Waals surface area contributed by atoms with Gasteiger partial charge in [0.25, 0.3) is 0 Å². The van der Waals surface area contributed by atoms with Crippen molar-refractivity contribution in [1.29, 1.82) is 0 Å². The molecule has 0 spiro atoms. The summed E-state index contributed by atoms with van der Waals surface area (Å²) in [6.07, 6.45) is 0. The smallest absolute Gasteiger partial charge is 0.203 e. The Morgan fingerprint density at radius 3 is 2.83 bits per heavy atom. The topological polar surface area (TPSA) is 38.7 Å². The lowest BCUT2D eigenvalue weighted by Gasteiger charge is -2.19. The van der Waals surface area contributed by atoms with Crippen LogP contribution in [0.3, 0.4) is 0 Å². The minimum Gasteiger partial charge on any atom is -0.504 e. The monoisotopic (exact) mass is 166 g/mol. The van der Waals surface area contributed by atoms with Gasteiger partial charge in [-0.2, -0.15) is 0 Å². The maximum absolute atomic E-state index is 9.54. The quantitative estimate of drug-likeness (QED) is 0.634. The van der Waals surface area contributed by atoms with Crippen molar-refractivity contribution in [2.45, 2.75) is 6.92 Å². The highest BCUT2D eigenvalue weighted by Gasteiger charge is 2.16. The highest BCUT2D eigenvalue weighted by molar-refractivity contribution is 5.54. The number of rotatable bonds is 0. The lowest BCUT2D eigenvalue weighted by atomic mass is 10.2. The predicted molar refractivity (Wildman–Crippen MR) is 43.8 cm³/mol. The second kappa shape index (κ2) is 2.59. The Bertz CT molecular complexity index is 307. The number of phenols is 1. The summed E-state index contributed by atoms with van der Waals surface area (Å²) in [5.74, 6) is 1.29. The van der Waals surface area contributed by atoms with Crippen molar-refractivity contribution in [3.8, 4) is 17.2 Å². The van der Waals surface area contributed by atoms with E-state index in [1.54, 1.807) is 0 Å². The fourth-order valence-corrected chi connectivity index (χ4v) is 1.20. The van der Waals surface area contributed by atoms with Crippen LogP contribution in [0.1, 0.15) is 5.56 Å². The van der Waals surface area contributed by atoms with Gasteiger partial charge in [-0.1, -0.05) is 6.07 Å². The fraction of sp³-hybridized carbons (Fsp3) is 0.333. The lowest BCUT2D eigenvalue weighted by Crippen LogP contribution is -2.15. The molecular formula is C9H10O3. The maximum atomic E-state index is 9.54. The number of aromatic hydroxyl groups is 1. The molecule has 1 N–H and O–H groups in total. The zero-order chi connectivity index (χ0) is 8.55. The third-order valence-electron chi connectivity index (χ3n) is 1.88. The third kappa shape index (κ3) is 0.978. The molecule has 0 unspecified atom stereocenters. The molecule has 1 aliphatic heterocycles. The molecule has 0 bridgehead atoms. The fourth-order valence-electron chi connectivity index (χ4n) is 1.20. The van der Waals surface area contributed by atoms with Crippen molar-refractivity contribution in [2.24, 2.45) is 0 Å². The molecule has 0 aliphatic carbocycles. The number of fused-ring (bicyclic) bond motifs is 1. The number of hydrogen-bond donors (Lipinski definition) is 1. The van der Waals surface area contributed by atoms with E-state index in [0.717, 1.165) is 5.56 Å². The molecule has 64 valence electrons. The van der Waals surface area contributed by atoms with Gasteiger partial charge in [0.1, 0.15) is 13.2 Å². The second-order valence-electron chi connectivity index (χ2n) is 2.76. The largest absolute Gasteiger partial charge is 0.504 e. The molecular weight excluding hydrogens is 156 g/mol. The van der Waals surface area contributed by atoms with Gasteiger partial charge in [-0.05, 0) is 18.6 Å². The van der Waals surface area contributed by atoms with E-state index in [-0.39, 0.29) is 5.75 Å². The molecule has 3 nitrogen and oxygen atoms in total. The molecule has 12 heavy (non-hydrogen) atoms. The number of aryl methyl sites for hydroxylation is 1. The van der Waals surface area contributed by atoms with E-state index in [1.807, 2.05) is 19.1 Å². The Balaban J connectivity index is 2.54. The van der Waals surface area contributed by atoms with Crippen molar-refractivity contribution in [1.82, 2.24) is 0 Å². The van der Waals surface area contributed by atoms with Gasteiger partial charge in [-0.3, -0.25) is 0 Å². The molecule has 3 heteroatoms. The summed E-state index contributed by atoms with van der Waals surface area (Å²) in [7, 11) is 0. The Kier molecular flexibility index (Phi) is 1.57. The molecule has 2 rings (SSSR count). The van der Waals surface area contributed by atoms with Gasteiger partial charge in [-0.25, -0.2) is 0 Å². The molecule has 0 radical (unpaired) electrons. The maximum Gasteiger partial charge on any atom is 0.203 e. The van der Waals surface area contributed by atoms with Crippen molar-refractivity contribution in [3.05, 3.63) is 17.7 Å². The van der Waals surface area contributed by atoms with Crippen LogP contribution >= 0.6 is 0 Å². The highest BCUT2D eigenvalue weighted by atomic mass is 16.6. The molecule has 1 aliphatic rings. The Morgan fingerprint density at radius 2 is 2.00 bits per heavy atom. The van der Waals surface area contributed by atoms with Gasteiger partial charge < -0.3 is 14.6 Å². The van der Waals surface area contributed by atoms with Gasteiger partial charge in [-0.15, -0.1) is 0 Å². The number of benzene rings is 1. The molecule has 0 aromatic heterocycles. The van der Waals surface area contributed by atoms with Crippen LogP contribution in [0.5, 0.6) is 17.2 Å². The first kappa shape index (κ1) is 7.28. The lowest BCUT2D eigenvalue weighted by molar-refractivity contribution is 0.165. The average molecular weight is 166 g/mol. The van der Waals surface area contributed by atoms with Crippen molar-refractivity contribution < 1.29 is 14.6 Å². The van der Waals surface area contributed by atoms with Crippen molar-refractivity contribution in [3.63, 3.8) is 0 Å². The van der Waals surface area contributed by atoms with E-state index in [1.165, 1.54) is 0 Å². The van der Waals surface area contributed by atoms with E-state index in [4.69, 9.17) is 9.47 Å². The van der Waals surface area contributed by atoms with Crippen molar-refractivity contribution >= 4 is 0 Å². The molecule has 0 fully saturated rings. The van der Waals surface area contributed by atoms with E-state index in [0.29, 0.717) is 24.7 Å². The van der Waals surface area contributed by atoms with Crippen LogP contribution in [0, 0.1) is 6.92 Å². The van der Waals surface area contributed by atoms with Crippen LogP contribution < -0.4 is 9.47 Å². The van der Waals surface area contributed by atoms with Crippen LogP contribution in [-0.4, -0.2) is 18.3 Å². The molecule has 0 saturated heterocycles. The van der Waals surface area contributed by atoms with Crippen LogP contribution in [-0.2, 0) is 0 Å². The standard InChI is InChI=1S/C9H10O3/c1-6-2-3-7-9(8(6)10)12-5-4-11-7/h2-3,10H,4-5H2,1H3. The number of ether oxygens (including phenoxy) is 2.